The molecule has 1 unspecified atom stereocenters. The van der Waals surface area contributed by atoms with Crippen molar-refractivity contribution in [3.8, 4) is 0 Å². The van der Waals surface area contributed by atoms with Crippen molar-refractivity contribution in [2.75, 3.05) is 20.2 Å². The van der Waals surface area contributed by atoms with Crippen molar-refractivity contribution in [1.29, 1.82) is 0 Å². The maximum Gasteiger partial charge on any atom is 0.410 e. The molecule has 1 fully saturated rings. The summed E-state index contributed by atoms with van der Waals surface area (Å²) in [7, 11) is 1.40. The van der Waals surface area contributed by atoms with Crippen LogP contribution in [-0.2, 0) is 14.3 Å². The molecule has 1 N–H and O–H groups in total. The van der Waals surface area contributed by atoms with Crippen LogP contribution in [-0.4, -0.2) is 54.8 Å². The molecular formula is C17H32N2O4. The molecule has 1 aliphatic rings. The number of hydrogen-bond acceptors (Lipinski definition) is 5. The minimum atomic E-state index is -0.501. The zero-order chi connectivity index (χ0) is 17.6. The lowest BCUT2D eigenvalue weighted by Crippen LogP contribution is -2.53. The van der Waals surface area contributed by atoms with Crippen LogP contribution in [0.25, 0.3) is 0 Å². The van der Waals surface area contributed by atoms with Gasteiger partial charge in [-0.1, -0.05) is 13.8 Å². The van der Waals surface area contributed by atoms with E-state index in [0.29, 0.717) is 13.1 Å². The van der Waals surface area contributed by atoms with Gasteiger partial charge in [0.15, 0.2) is 0 Å². The summed E-state index contributed by atoms with van der Waals surface area (Å²) in [4.78, 5) is 26.0. The van der Waals surface area contributed by atoms with Gasteiger partial charge in [0.2, 0.25) is 0 Å². The van der Waals surface area contributed by atoms with Gasteiger partial charge < -0.3 is 19.7 Å². The second-order valence-electron chi connectivity index (χ2n) is 7.48. The van der Waals surface area contributed by atoms with E-state index >= 15 is 0 Å². The molecule has 1 rings (SSSR count). The topological polar surface area (TPSA) is 67.9 Å². The van der Waals surface area contributed by atoms with E-state index in [1.807, 2.05) is 34.6 Å². The average Bonchev–Trinajstić information content (AvgIpc) is 2.45. The first-order chi connectivity index (χ1) is 10.7. The van der Waals surface area contributed by atoms with E-state index in [0.717, 1.165) is 19.3 Å². The van der Waals surface area contributed by atoms with E-state index < -0.39 is 5.60 Å². The molecule has 6 heteroatoms. The minimum Gasteiger partial charge on any atom is -0.468 e. The monoisotopic (exact) mass is 328 g/mol. The third-order valence-electron chi connectivity index (χ3n) is 3.95. The van der Waals surface area contributed by atoms with E-state index in [1.165, 1.54) is 7.11 Å². The quantitative estimate of drug-likeness (QED) is 0.786. The molecule has 1 heterocycles. The number of ether oxygens (including phenoxy) is 2. The van der Waals surface area contributed by atoms with E-state index in [4.69, 9.17) is 9.47 Å². The van der Waals surface area contributed by atoms with E-state index in [-0.39, 0.29) is 30.1 Å². The molecule has 1 aliphatic heterocycles. The summed E-state index contributed by atoms with van der Waals surface area (Å²) in [5, 5.41) is 3.26. The van der Waals surface area contributed by atoms with E-state index in [9.17, 15) is 9.59 Å². The molecule has 0 saturated carbocycles. The number of likely N-dealkylation sites (tertiary alicyclic amines) is 1. The highest BCUT2D eigenvalue weighted by Crippen LogP contribution is 2.20. The highest BCUT2D eigenvalue weighted by Gasteiger charge is 2.32. The van der Waals surface area contributed by atoms with E-state index in [1.54, 1.807) is 4.90 Å². The van der Waals surface area contributed by atoms with Gasteiger partial charge >= 0.3 is 12.1 Å². The second kappa shape index (κ2) is 8.52. The van der Waals surface area contributed by atoms with Gasteiger partial charge in [-0.15, -0.1) is 0 Å². The zero-order valence-electron chi connectivity index (χ0n) is 15.3. The molecule has 134 valence electrons. The minimum absolute atomic E-state index is 0.0458. The number of carbonyl (C=O) groups excluding carboxylic acids is 2. The summed E-state index contributed by atoms with van der Waals surface area (Å²) in [6.07, 6.45) is 2.71. The molecule has 1 amide bonds. The van der Waals surface area contributed by atoms with Crippen LogP contribution in [0.3, 0.4) is 0 Å². The van der Waals surface area contributed by atoms with Crippen molar-refractivity contribution in [2.45, 2.75) is 71.6 Å². The van der Waals surface area contributed by atoms with Crippen molar-refractivity contribution >= 4 is 12.1 Å². The number of rotatable bonds is 5. The summed E-state index contributed by atoms with van der Waals surface area (Å²) < 4.78 is 10.3. The molecular weight excluding hydrogens is 296 g/mol. The molecule has 0 aliphatic carbocycles. The van der Waals surface area contributed by atoms with Crippen LogP contribution in [0.2, 0.25) is 0 Å². The van der Waals surface area contributed by atoms with Crippen LogP contribution < -0.4 is 5.32 Å². The predicted octanol–water partition coefficient (Wildman–Crippen LogP) is 2.56. The fourth-order valence-corrected chi connectivity index (χ4v) is 2.75. The molecule has 0 aromatic rings. The first kappa shape index (κ1) is 19.7. The van der Waals surface area contributed by atoms with Crippen molar-refractivity contribution in [3.63, 3.8) is 0 Å². The molecule has 0 aromatic heterocycles. The van der Waals surface area contributed by atoms with Gasteiger partial charge in [-0.25, -0.2) is 4.79 Å². The van der Waals surface area contributed by atoms with Crippen molar-refractivity contribution in [1.82, 2.24) is 10.2 Å². The van der Waals surface area contributed by atoms with Gasteiger partial charge in [0.1, 0.15) is 11.6 Å². The number of hydrogen-bond donors (Lipinski definition) is 1. The number of carbonyl (C=O) groups is 2. The Morgan fingerprint density at radius 3 is 2.43 bits per heavy atom. The smallest absolute Gasteiger partial charge is 0.410 e. The number of nitrogens with one attached hydrogen (secondary N) is 1. The lowest BCUT2D eigenvalue weighted by atomic mass is 10.0. The first-order valence-corrected chi connectivity index (χ1v) is 8.46. The molecule has 0 spiro atoms. The summed E-state index contributed by atoms with van der Waals surface area (Å²) in [5.41, 5.74) is -0.501. The second-order valence-corrected chi connectivity index (χ2v) is 7.48. The SMILES string of the molecule is COC(=O)[C@@H](NCC1CCCCN1C(=O)OC(C)(C)C)C(C)C. The van der Waals surface area contributed by atoms with Crippen LogP contribution in [0.1, 0.15) is 53.9 Å². The Morgan fingerprint density at radius 1 is 1.26 bits per heavy atom. The summed E-state index contributed by atoms with van der Waals surface area (Å²) in [6.45, 7) is 10.8. The van der Waals surface area contributed by atoms with Crippen molar-refractivity contribution in [3.05, 3.63) is 0 Å². The highest BCUT2D eigenvalue weighted by atomic mass is 16.6. The number of nitrogens with zero attached hydrogens (tertiary/aromatic N) is 1. The molecule has 0 radical (unpaired) electrons. The number of amides is 1. The van der Waals surface area contributed by atoms with Crippen molar-refractivity contribution in [2.24, 2.45) is 5.92 Å². The normalized spacial score (nSPS) is 20.3. The van der Waals surface area contributed by atoms with Gasteiger partial charge in [0.05, 0.1) is 7.11 Å². The van der Waals surface area contributed by atoms with Gasteiger partial charge in [-0.05, 0) is 46.0 Å². The molecule has 0 bridgehead atoms. The summed E-state index contributed by atoms with van der Waals surface area (Å²) in [6, 6.07) is -0.313. The summed E-state index contributed by atoms with van der Waals surface area (Å²) >= 11 is 0. The maximum absolute atomic E-state index is 12.4. The van der Waals surface area contributed by atoms with Gasteiger partial charge in [-0.3, -0.25) is 4.79 Å². The Labute approximate surface area is 139 Å². The Bertz CT molecular complexity index is 404. The number of esters is 1. The third-order valence-corrected chi connectivity index (χ3v) is 3.95. The van der Waals surface area contributed by atoms with Gasteiger partial charge in [-0.2, -0.15) is 0 Å². The van der Waals surface area contributed by atoms with Crippen LogP contribution in [0.15, 0.2) is 0 Å². The van der Waals surface area contributed by atoms with Crippen LogP contribution in [0.4, 0.5) is 4.79 Å². The Balaban J connectivity index is 2.67. The van der Waals surface area contributed by atoms with Gasteiger partial charge in [0.25, 0.3) is 0 Å². The Hall–Kier alpha value is -1.30. The number of methoxy groups -OCH3 is 1. The predicted molar refractivity (Wildman–Crippen MR) is 89.2 cm³/mol. The molecule has 0 aromatic carbocycles. The Morgan fingerprint density at radius 2 is 1.91 bits per heavy atom. The molecule has 2 atom stereocenters. The largest absolute Gasteiger partial charge is 0.468 e. The molecule has 1 saturated heterocycles. The van der Waals surface area contributed by atoms with Gasteiger partial charge in [0, 0.05) is 19.1 Å². The third kappa shape index (κ3) is 6.37. The Kier molecular flexibility index (Phi) is 7.32. The first-order valence-electron chi connectivity index (χ1n) is 8.46. The van der Waals surface area contributed by atoms with Crippen LogP contribution >= 0.6 is 0 Å². The summed E-state index contributed by atoms with van der Waals surface area (Å²) in [5.74, 6) is -0.138. The van der Waals surface area contributed by atoms with Crippen LogP contribution in [0, 0.1) is 5.92 Å². The fourth-order valence-electron chi connectivity index (χ4n) is 2.75. The van der Waals surface area contributed by atoms with Crippen molar-refractivity contribution < 1.29 is 19.1 Å². The zero-order valence-corrected chi connectivity index (χ0v) is 15.3. The molecule has 6 nitrogen and oxygen atoms in total. The highest BCUT2D eigenvalue weighted by molar-refractivity contribution is 5.76. The van der Waals surface area contributed by atoms with E-state index in [2.05, 4.69) is 5.32 Å². The average molecular weight is 328 g/mol. The number of piperidine rings is 1. The maximum atomic E-state index is 12.4. The lowest BCUT2D eigenvalue weighted by Gasteiger charge is -2.37. The fraction of sp³-hybridized carbons (Fsp3) is 0.882. The molecule has 23 heavy (non-hydrogen) atoms. The van der Waals surface area contributed by atoms with Crippen LogP contribution in [0.5, 0.6) is 0 Å². The standard InChI is InChI=1S/C17H32N2O4/c1-12(2)14(15(20)22-6)18-11-13-9-7-8-10-19(13)16(21)23-17(3,4)5/h12-14,18H,7-11H2,1-6H3/t13?,14-/m0/s1. The lowest BCUT2D eigenvalue weighted by molar-refractivity contribution is -0.144.